The third-order valence-corrected chi connectivity index (χ3v) is 4.50. The highest BCUT2D eigenvalue weighted by atomic mass is 16.5. The van der Waals surface area contributed by atoms with E-state index in [0.29, 0.717) is 24.9 Å². The first-order valence-electron chi connectivity index (χ1n) is 9.33. The lowest BCUT2D eigenvalue weighted by Gasteiger charge is -2.24. The molecule has 29 heavy (non-hydrogen) atoms. The van der Waals surface area contributed by atoms with Crippen molar-refractivity contribution in [2.24, 2.45) is 0 Å². The lowest BCUT2D eigenvalue weighted by atomic mass is 10.0. The SMILES string of the molecule is COC(=O)c1ccc(CN(C)C(=O)NC(CCC(=O)O)Cc2ccccc2)cc1. The molecule has 0 fully saturated rings. The molecular formula is C22H26N2O5. The Morgan fingerprint density at radius 2 is 1.69 bits per heavy atom. The van der Waals surface area contributed by atoms with Crippen molar-refractivity contribution in [3.05, 3.63) is 71.3 Å². The molecule has 2 aromatic carbocycles. The minimum Gasteiger partial charge on any atom is -0.481 e. The van der Waals surface area contributed by atoms with Crippen LogP contribution in [0.5, 0.6) is 0 Å². The summed E-state index contributed by atoms with van der Waals surface area (Å²) in [5.41, 5.74) is 2.34. The summed E-state index contributed by atoms with van der Waals surface area (Å²) in [5.74, 6) is -1.30. The van der Waals surface area contributed by atoms with Crippen LogP contribution < -0.4 is 5.32 Å². The van der Waals surface area contributed by atoms with E-state index in [0.717, 1.165) is 11.1 Å². The predicted octanol–water partition coefficient (Wildman–Crippen LogP) is 3.09. The highest BCUT2D eigenvalue weighted by Crippen LogP contribution is 2.11. The molecule has 0 aliphatic heterocycles. The fourth-order valence-electron chi connectivity index (χ4n) is 2.92. The van der Waals surface area contributed by atoms with Crippen LogP contribution in [-0.2, 0) is 22.5 Å². The Morgan fingerprint density at radius 3 is 2.28 bits per heavy atom. The lowest BCUT2D eigenvalue weighted by Crippen LogP contribution is -2.44. The van der Waals surface area contributed by atoms with Crippen LogP contribution >= 0.6 is 0 Å². The Morgan fingerprint density at radius 1 is 1.03 bits per heavy atom. The number of amides is 2. The molecule has 0 radical (unpaired) electrons. The first-order valence-corrected chi connectivity index (χ1v) is 9.33. The van der Waals surface area contributed by atoms with Gasteiger partial charge in [-0.1, -0.05) is 42.5 Å². The second kappa shape index (κ2) is 10.8. The van der Waals surface area contributed by atoms with Gasteiger partial charge in [-0.25, -0.2) is 9.59 Å². The number of hydrogen-bond acceptors (Lipinski definition) is 4. The van der Waals surface area contributed by atoms with Crippen molar-refractivity contribution in [3.63, 3.8) is 0 Å². The van der Waals surface area contributed by atoms with E-state index >= 15 is 0 Å². The van der Waals surface area contributed by atoms with Gasteiger partial charge in [-0.15, -0.1) is 0 Å². The quantitative estimate of drug-likeness (QED) is 0.633. The zero-order chi connectivity index (χ0) is 21.2. The van der Waals surface area contributed by atoms with Gasteiger partial charge in [-0.2, -0.15) is 0 Å². The zero-order valence-electron chi connectivity index (χ0n) is 16.6. The molecule has 2 N–H and O–H groups in total. The van der Waals surface area contributed by atoms with Gasteiger partial charge in [0.25, 0.3) is 0 Å². The van der Waals surface area contributed by atoms with Crippen molar-refractivity contribution in [2.75, 3.05) is 14.2 Å². The molecule has 0 aliphatic rings. The van der Waals surface area contributed by atoms with E-state index in [-0.39, 0.29) is 18.5 Å². The van der Waals surface area contributed by atoms with E-state index < -0.39 is 11.9 Å². The van der Waals surface area contributed by atoms with Crippen molar-refractivity contribution in [3.8, 4) is 0 Å². The highest BCUT2D eigenvalue weighted by Gasteiger charge is 2.17. The van der Waals surface area contributed by atoms with Gasteiger partial charge in [0.05, 0.1) is 12.7 Å². The summed E-state index contributed by atoms with van der Waals surface area (Å²) >= 11 is 0. The highest BCUT2D eigenvalue weighted by molar-refractivity contribution is 5.89. The number of carboxylic acid groups (broad SMARTS) is 1. The molecule has 0 aliphatic carbocycles. The molecule has 0 spiro atoms. The second-order valence-corrected chi connectivity index (χ2v) is 6.81. The summed E-state index contributed by atoms with van der Waals surface area (Å²) in [5, 5.41) is 11.9. The molecule has 154 valence electrons. The molecule has 0 aromatic heterocycles. The number of urea groups is 1. The van der Waals surface area contributed by atoms with Gasteiger partial charge in [-0.05, 0) is 36.1 Å². The molecule has 2 amide bonds. The van der Waals surface area contributed by atoms with Crippen molar-refractivity contribution in [1.29, 1.82) is 0 Å². The van der Waals surface area contributed by atoms with Gasteiger partial charge in [0, 0.05) is 26.1 Å². The first kappa shape index (κ1) is 21.9. The molecule has 1 atom stereocenters. The van der Waals surface area contributed by atoms with E-state index in [4.69, 9.17) is 5.11 Å². The number of methoxy groups -OCH3 is 1. The lowest BCUT2D eigenvalue weighted by molar-refractivity contribution is -0.137. The van der Waals surface area contributed by atoms with E-state index in [1.807, 2.05) is 30.3 Å². The third kappa shape index (κ3) is 7.29. The monoisotopic (exact) mass is 398 g/mol. The fraction of sp³-hybridized carbons (Fsp3) is 0.318. The number of carboxylic acids is 1. The largest absolute Gasteiger partial charge is 0.481 e. The van der Waals surface area contributed by atoms with Gasteiger partial charge >= 0.3 is 18.0 Å². The molecule has 1 unspecified atom stereocenters. The number of carbonyl (C=O) groups is 3. The Balaban J connectivity index is 1.97. The summed E-state index contributed by atoms with van der Waals surface area (Å²) in [4.78, 5) is 36.6. The van der Waals surface area contributed by atoms with Gasteiger partial charge in [-0.3, -0.25) is 4.79 Å². The number of nitrogens with zero attached hydrogens (tertiary/aromatic N) is 1. The molecule has 2 aromatic rings. The summed E-state index contributed by atoms with van der Waals surface area (Å²) in [7, 11) is 2.99. The molecule has 2 rings (SSSR count). The van der Waals surface area contributed by atoms with Gasteiger partial charge in [0.1, 0.15) is 0 Å². The summed E-state index contributed by atoms with van der Waals surface area (Å²) < 4.78 is 4.67. The van der Waals surface area contributed by atoms with E-state index in [1.165, 1.54) is 12.0 Å². The van der Waals surface area contributed by atoms with Crippen LogP contribution in [0, 0.1) is 0 Å². The molecule has 7 heteroatoms. The van der Waals surface area contributed by atoms with Crippen LogP contribution in [0.4, 0.5) is 4.79 Å². The maximum Gasteiger partial charge on any atom is 0.337 e. The van der Waals surface area contributed by atoms with Crippen molar-refractivity contribution in [1.82, 2.24) is 10.2 Å². The van der Waals surface area contributed by atoms with Gasteiger partial charge in [0.15, 0.2) is 0 Å². The summed E-state index contributed by atoms with van der Waals surface area (Å²) in [6, 6.07) is 15.9. The minimum absolute atomic E-state index is 0.0174. The number of hydrogen-bond donors (Lipinski definition) is 2. The topological polar surface area (TPSA) is 95.9 Å². The summed E-state index contributed by atoms with van der Waals surface area (Å²) in [6.45, 7) is 0.351. The van der Waals surface area contributed by atoms with Crippen LogP contribution in [0.15, 0.2) is 54.6 Å². The van der Waals surface area contributed by atoms with Crippen LogP contribution in [0.2, 0.25) is 0 Å². The maximum atomic E-state index is 12.6. The molecule has 7 nitrogen and oxygen atoms in total. The molecule has 0 heterocycles. The van der Waals surface area contributed by atoms with Crippen LogP contribution in [0.25, 0.3) is 0 Å². The summed E-state index contributed by atoms with van der Waals surface area (Å²) in [6.07, 6.45) is 0.885. The number of aliphatic carboxylic acids is 1. The fourth-order valence-corrected chi connectivity index (χ4v) is 2.92. The number of esters is 1. The average molecular weight is 398 g/mol. The van der Waals surface area contributed by atoms with E-state index in [9.17, 15) is 14.4 Å². The Labute approximate surface area is 170 Å². The van der Waals surface area contributed by atoms with Crippen molar-refractivity contribution >= 4 is 18.0 Å². The average Bonchev–Trinajstić information content (AvgIpc) is 2.72. The van der Waals surface area contributed by atoms with E-state index in [2.05, 4.69) is 10.1 Å². The normalized spacial score (nSPS) is 11.4. The smallest absolute Gasteiger partial charge is 0.337 e. The van der Waals surface area contributed by atoms with Crippen molar-refractivity contribution in [2.45, 2.75) is 31.8 Å². The van der Waals surface area contributed by atoms with E-state index in [1.54, 1.807) is 31.3 Å². The second-order valence-electron chi connectivity index (χ2n) is 6.81. The number of benzene rings is 2. The van der Waals surface area contributed by atoms with Gasteiger partial charge < -0.3 is 20.1 Å². The third-order valence-electron chi connectivity index (χ3n) is 4.50. The first-order chi connectivity index (χ1) is 13.9. The van der Waals surface area contributed by atoms with Gasteiger partial charge in [0.2, 0.25) is 0 Å². The number of ether oxygens (including phenoxy) is 1. The Kier molecular flexibility index (Phi) is 8.21. The standard InChI is InChI=1S/C22H26N2O5/c1-24(15-17-8-10-18(11-9-17)21(27)29-2)22(28)23-19(12-13-20(25)26)14-16-6-4-3-5-7-16/h3-11,19H,12-15H2,1-2H3,(H,23,28)(H,25,26). The molecular weight excluding hydrogens is 372 g/mol. The maximum absolute atomic E-state index is 12.6. The van der Waals surface area contributed by atoms with Crippen LogP contribution in [-0.4, -0.2) is 48.2 Å². The predicted molar refractivity (Wildman–Crippen MR) is 109 cm³/mol. The van der Waals surface area contributed by atoms with Crippen LogP contribution in [0.3, 0.4) is 0 Å². The number of carbonyl (C=O) groups excluding carboxylic acids is 2. The molecule has 0 bridgehead atoms. The number of nitrogens with one attached hydrogen (secondary N) is 1. The molecule has 0 saturated heterocycles. The van der Waals surface area contributed by atoms with Crippen molar-refractivity contribution < 1.29 is 24.2 Å². The molecule has 0 saturated carbocycles. The van der Waals surface area contributed by atoms with Crippen LogP contribution in [0.1, 0.15) is 34.3 Å². The minimum atomic E-state index is -0.892. The zero-order valence-corrected chi connectivity index (χ0v) is 16.6. The Hall–Kier alpha value is -3.35. The Bertz CT molecular complexity index is 821. The number of rotatable bonds is 9.